The van der Waals surface area contributed by atoms with Crippen LogP contribution in [-0.2, 0) is 28.8 Å². The van der Waals surface area contributed by atoms with Crippen molar-refractivity contribution in [3.8, 4) is 0 Å². The Morgan fingerprint density at radius 1 is 0.935 bits per heavy atom. The van der Waals surface area contributed by atoms with Crippen molar-refractivity contribution in [3.63, 3.8) is 0 Å². The van der Waals surface area contributed by atoms with E-state index in [0.29, 0.717) is 19.4 Å². The van der Waals surface area contributed by atoms with Gasteiger partial charge in [-0.2, -0.15) is 0 Å². The third-order valence-corrected chi connectivity index (χ3v) is 5.26. The van der Waals surface area contributed by atoms with Crippen molar-refractivity contribution in [3.05, 3.63) is 0 Å². The first-order chi connectivity index (χ1) is 14.6. The largest absolute Gasteiger partial charge is 0.480 e. The fourth-order valence-electron chi connectivity index (χ4n) is 3.75. The number of rotatable bonds is 10. The van der Waals surface area contributed by atoms with Gasteiger partial charge in [0.25, 0.3) is 0 Å². The second kappa shape index (κ2) is 10.7. The third-order valence-electron chi connectivity index (χ3n) is 5.26. The van der Waals surface area contributed by atoms with Crippen LogP contribution in [0.2, 0.25) is 0 Å². The lowest BCUT2D eigenvalue weighted by atomic mass is 10.1. The number of hydrogen-bond acceptors (Lipinski definition) is 7. The number of nitrogens with two attached hydrogens (primary N) is 2. The Kier molecular flexibility index (Phi) is 8.30. The van der Waals surface area contributed by atoms with Crippen LogP contribution in [0.25, 0.3) is 0 Å². The Balaban J connectivity index is 2.10. The molecule has 13 nitrogen and oxygen atoms in total. The molecule has 0 aromatic carbocycles. The molecule has 2 aliphatic heterocycles. The van der Waals surface area contributed by atoms with E-state index in [0.717, 1.165) is 6.42 Å². The Hall–Kier alpha value is -3.22. The lowest BCUT2D eigenvalue weighted by molar-refractivity contribution is -0.146. The summed E-state index contributed by atoms with van der Waals surface area (Å²) in [4.78, 5) is 73.1. The minimum Gasteiger partial charge on any atom is -0.480 e. The van der Waals surface area contributed by atoms with Gasteiger partial charge in [-0.1, -0.05) is 0 Å². The van der Waals surface area contributed by atoms with Crippen molar-refractivity contribution in [2.45, 2.75) is 62.7 Å². The van der Waals surface area contributed by atoms with Crippen molar-refractivity contribution < 1.29 is 33.9 Å². The number of primary amides is 2. The molecule has 0 aliphatic carbocycles. The summed E-state index contributed by atoms with van der Waals surface area (Å²) in [5.41, 5.74) is 10.2. The Labute approximate surface area is 178 Å². The lowest BCUT2D eigenvalue weighted by Gasteiger charge is -2.29. The highest BCUT2D eigenvalue weighted by atomic mass is 16.4. The molecule has 2 aliphatic rings. The molecule has 0 aromatic heterocycles. The summed E-state index contributed by atoms with van der Waals surface area (Å²) in [6.45, 7) is 0.841. The highest BCUT2D eigenvalue weighted by molar-refractivity contribution is 5.97. The fraction of sp³-hybridized carbons (Fsp3) is 0.667. The van der Waals surface area contributed by atoms with E-state index in [1.165, 1.54) is 4.90 Å². The van der Waals surface area contributed by atoms with Crippen LogP contribution in [0.4, 0.5) is 0 Å². The monoisotopic (exact) mass is 440 g/mol. The first kappa shape index (κ1) is 24.1. The average molecular weight is 440 g/mol. The maximum Gasteiger partial charge on any atom is 0.326 e. The zero-order valence-electron chi connectivity index (χ0n) is 17.0. The predicted molar refractivity (Wildman–Crippen MR) is 105 cm³/mol. The first-order valence-corrected chi connectivity index (χ1v) is 10.0. The van der Waals surface area contributed by atoms with Crippen molar-refractivity contribution in [1.29, 1.82) is 0 Å². The van der Waals surface area contributed by atoms with Gasteiger partial charge in [-0.3, -0.25) is 24.0 Å². The van der Waals surface area contributed by atoms with Gasteiger partial charge in [-0.15, -0.1) is 0 Å². The van der Waals surface area contributed by atoms with Crippen molar-refractivity contribution >= 4 is 35.5 Å². The van der Waals surface area contributed by atoms with Gasteiger partial charge in [0, 0.05) is 6.54 Å². The van der Waals surface area contributed by atoms with Crippen LogP contribution >= 0.6 is 0 Å². The van der Waals surface area contributed by atoms with Crippen LogP contribution in [0.3, 0.4) is 0 Å². The zero-order valence-corrected chi connectivity index (χ0v) is 17.0. The molecule has 2 fully saturated rings. The quantitative estimate of drug-likeness (QED) is 0.200. The molecule has 2 saturated heterocycles. The van der Waals surface area contributed by atoms with Gasteiger partial charge in [0.2, 0.25) is 29.5 Å². The Morgan fingerprint density at radius 3 is 2.10 bits per heavy atom. The number of carboxylic acid groups (broad SMARTS) is 1. The van der Waals surface area contributed by atoms with Gasteiger partial charge in [-0.25, -0.2) is 4.79 Å². The van der Waals surface area contributed by atoms with E-state index in [1.807, 2.05) is 0 Å². The van der Waals surface area contributed by atoms with Crippen LogP contribution in [-0.4, -0.2) is 82.8 Å². The van der Waals surface area contributed by atoms with Crippen molar-refractivity contribution in [2.75, 3.05) is 13.1 Å². The van der Waals surface area contributed by atoms with Gasteiger partial charge >= 0.3 is 5.97 Å². The van der Waals surface area contributed by atoms with E-state index in [9.17, 15) is 33.9 Å². The van der Waals surface area contributed by atoms with Crippen LogP contribution in [0.1, 0.15) is 38.5 Å². The van der Waals surface area contributed by atoms with Gasteiger partial charge in [0.05, 0.1) is 18.9 Å². The topological polar surface area (TPSA) is 214 Å². The smallest absolute Gasteiger partial charge is 0.326 e. The molecule has 0 aromatic rings. The number of nitrogens with zero attached hydrogens (tertiary/aromatic N) is 1. The number of aliphatic carboxylic acids is 1. The highest BCUT2D eigenvalue weighted by Crippen LogP contribution is 2.20. The molecule has 0 spiro atoms. The highest BCUT2D eigenvalue weighted by Gasteiger charge is 2.40. The number of carboxylic acids is 1. The summed E-state index contributed by atoms with van der Waals surface area (Å²) in [6.07, 6.45) is 1.06. The SMILES string of the molecule is NC(=O)CC(NC(=O)C1CCCN1C(=O)C(CC(N)=O)NC(=O)C1CCCN1)C(=O)O. The zero-order chi connectivity index (χ0) is 23.1. The summed E-state index contributed by atoms with van der Waals surface area (Å²) in [7, 11) is 0. The van der Waals surface area contributed by atoms with Crippen LogP contribution in [0.15, 0.2) is 0 Å². The normalized spacial score (nSPS) is 22.4. The van der Waals surface area contributed by atoms with E-state index in [4.69, 9.17) is 11.5 Å². The van der Waals surface area contributed by atoms with Crippen LogP contribution < -0.4 is 27.4 Å². The van der Waals surface area contributed by atoms with E-state index < -0.39 is 72.5 Å². The third kappa shape index (κ3) is 6.64. The molecule has 5 amide bonds. The van der Waals surface area contributed by atoms with Crippen molar-refractivity contribution in [2.24, 2.45) is 11.5 Å². The van der Waals surface area contributed by atoms with Gasteiger partial charge in [0.15, 0.2) is 0 Å². The Bertz CT molecular complexity index is 752. The number of amides is 5. The van der Waals surface area contributed by atoms with E-state index in [1.54, 1.807) is 0 Å². The second-order valence-electron chi connectivity index (χ2n) is 7.64. The molecule has 2 heterocycles. The van der Waals surface area contributed by atoms with Gasteiger partial charge in [0.1, 0.15) is 18.1 Å². The molecule has 0 radical (unpaired) electrons. The molecule has 4 unspecified atom stereocenters. The van der Waals surface area contributed by atoms with Crippen molar-refractivity contribution in [1.82, 2.24) is 20.9 Å². The number of carbonyl (C=O) groups excluding carboxylic acids is 5. The number of likely N-dealkylation sites (tertiary alicyclic amines) is 1. The fourth-order valence-corrected chi connectivity index (χ4v) is 3.75. The molecule has 172 valence electrons. The average Bonchev–Trinajstić information content (AvgIpc) is 3.37. The number of carbonyl (C=O) groups is 6. The molecule has 13 heteroatoms. The molecule has 4 atom stereocenters. The molecule has 8 N–H and O–H groups in total. The molecule has 2 rings (SSSR count). The summed E-state index contributed by atoms with van der Waals surface area (Å²) < 4.78 is 0. The molecule has 0 saturated carbocycles. The van der Waals surface area contributed by atoms with Gasteiger partial charge in [-0.05, 0) is 32.2 Å². The van der Waals surface area contributed by atoms with Gasteiger partial charge < -0.3 is 37.4 Å². The predicted octanol–water partition coefficient (Wildman–Crippen LogP) is -3.47. The second-order valence-corrected chi connectivity index (χ2v) is 7.64. The maximum absolute atomic E-state index is 13.1. The van der Waals surface area contributed by atoms with Crippen LogP contribution in [0, 0.1) is 0 Å². The Morgan fingerprint density at radius 2 is 1.55 bits per heavy atom. The minimum absolute atomic E-state index is 0.178. The molecule has 0 bridgehead atoms. The summed E-state index contributed by atoms with van der Waals surface area (Å²) in [5.74, 6) is -5.01. The van der Waals surface area contributed by atoms with E-state index in [2.05, 4.69) is 16.0 Å². The first-order valence-electron chi connectivity index (χ1n) is 10.0. The van der Waals surface area contributed by atoms with Crippen LogP contribution in [0.5, 0.6) is 0 Å². The standard InChI is InChI=1S/C18H28N6O7/c19-13(25)7-10(22-15(27)9-3-1-5-21-9)17(29)24-6-2-4-12(24)16(28)23-11(18(30)31)8-14(20)26/h9-12,21H,1-8H2,(H2,19,25)(H2,20,26)(H,22,27)(H,23,28)(H,30,31). The summed E-state index contributed by atoms with van der Waals surface area (Å²) in [5, 5.41) is 16.9. The molecular formula is C18H28N6O7. The summed E-state index contributed by atoms with van der Waals surface area (Å²) in [6, 6.07) is -4.27. The number of hydrogen-bond donors (Lipinski definition) is 6. The van der Waals surface area contributed by atoms with E-state index >= 15 is 0 Å². The molecular weight excluding hydrogens is 412 g/mol. The molecule has 31 heavy (non-hydrogen) atoms. The summed E-state index contributed by atoms with van der Waals surface area (Å²) >= 11 is 0. The van der Waals surface area contributed by atoms with E-state index in [-0.39, 0.29) is 13.0 Å². The lowest BCUT2D eigenvalue weighted by Crippen LogP contribution is -2.57. The minimum atomic E-state index is -1.53. The number of nitrogens with one attached hydrogen (secondary N) is 3. The maximum atomic E-state index is 13.1.